The topological polar surface area (TPSA) is 104 Å². The van der Waals surface area contributed by atoms with Crippen molar-refractivity contribution in [3.8, 4) is 0 Å². The molecule has 2 aliphatic rings. The van der Waals surface area contributed by atoms with Crippen LogP contribution in [0.5, 0.6) is 0 Å². The average Bonchev–Trinajstić information content (AvgIpc) is 3.39. The van der Waals surface area contributed by atoms with Crippen LogP contribution < -0.4 is 10.6 Å². The number of H-pyrrole nitrogens is 1. The Morgan fingerprint density at radius 2 is 2.20 bits per heavy atom. The summed E-state index contributed by atoms with van der Waals surface area (Å²) in [6.45, 7) is 4.92. The lowest BCUT2D eigenvalue weighted by Gasteiger charge is -2.33. The fourth-order valence-electron chi connectivity index (χ4n) is 3.84. The van der Waals surface area contributed by atoms with Crippen molar-refractivity contribution in [2.24, 2.45) is 0 Å². The molecule has 0 spiro atoms. The average molecular weight is 427 g/mol. The Morgan fingerprint density at radius 3 is 3.00 bits per heavy atom. The molecule has 9 nitrogen and oxygen atoms in total. The second-order valence-corrected chi connectivity index (χ2v) is 8.20. The van der Waals surface area contributed by atoms with E-state index < -0.39 is 0 Å². The first-order valence-electron chi connectivity index (χ1n) is 10.1. The van der Waals surface area contributed by atoms with Crippen LogP contribution in [0.2, 0.25) is 5.02 Å². The molecule has 10 heteroatoms. The van der Waals surface area contributed by atoms with E-state index in [4.69, 9.17) is 11.6 Å². The Balaban J connectivity index is 1.40. The van der Waals surface area contributed by atoms with Gasteiger partial charge in [0.05, 0.1) is 28.3 Å². The molecule has 4 heterocycles. The quantitative estimate of drug-likeness (QED) is 0.521. The molecule has 5 rings (SSSR count). The Morgan fingerprint density at radius 1 is 1.33 bits per heavy atom. The molecule has 1 atom stereocenters. The van der Waals surface area contributed by atoms with Gasteiger partial charge in [0.15, 0.2) is 0 Å². The van der Waals surface area contributed by atoms with Crippen molar-refractivity contribution >= 4 is 46.0 Å². The maximum atomic E-state index is 12.0. The molecule has 1 saturated carbocycles. The summed E-state index contributed by atoms with van der Waals surface area (Å²) in [5, 5.41) is 12.4. The zero-order valence-electron chi connectivity index (χ0n) is 16.4. The van der Waals surface area contributed by atoms with E-state index in [-0.39, 0.29) is 11.9 Å². The number of piperidine rings is 1. The molecule has 0 bridgehead atoms. The normalized spacial score (nSPS) is 19.1. The minimum atomic E-state index is -0.0518. The summed E-state index contributed by atoms with van der Waals surface area (Å²) in [7, 11) is 0. The molecular formula is C20H23ClN8O. The number of hydrogen-bond acceptors (Lipinski definition) is 6. The Hall–Kier alpha value is -3.07. The SMILES string of the molecule is C=CC(=O)N1CCCC(Nc2nc(Nc3cnn(C4CC4)c3)nc3[nH]cc(Cl)c23)C1. The summed E-state index contributed by atoms with van der Waals surface area (Å²) in [4.78, 5) is 26.2. The van der Waals surface area contributed by atoms with Gasteiger partial charge in [-0.2, -0.15) is 15.1 Å². The van der Waals surface area contributed by atoms with Crippen LogP contribution in [0.25, 0.3) is 11.0 Å². The minimum Gasteiger partial charge on any atom is -0.365 e. The molecule has 1 saturated heterocycles. The smallest absolute Gasteiger partial charge is 0.246 e. The van der Waals surface area contributed by atoms with Crippen LogP contribution in [0.3, 0.4) is 0 Å². The van der Waals surface area contributed by atoms with Gasteiger partial charge in [-0.15, -0.1) is 0 Å². The number of nitrogens with one attached hydrogen (secondary N) is 3. The first kappa shape index (κ1) is 18.9. The summed E-state index contributed by atoms with van der Waals surface area (Å²) < 4.78 is 1.97. The van der Waals surface area contributed by atoms with E-state index in [1.54, 1.807) is 17.3 Å². The van der Waals surface area contributed by atoms with Crippen LogP contribution >= 0.6 is 11.6 Å². The van der Waals surface area contributed by atoms with Crippen molar-refractivity contribution in [1.82, 2.24) is 29.6 Å². The Bertz CT molecular complexity index is 1100. The third-order valence-corrected chi connectivity index (χ3v) is 5.81. The zero-order chi connectivity index (χ0) is 20.7. The molecule has 1 amide bonds. The number of nitrogens with zero attached hydrogens (tertiary/aromatic N) is 5. The van der Waals surface area contributed by atoms with Gasteiger partial charge in [0.25, 0.3) is 0 Å². The fourth-order valence-corrected chi connectivity index (χ4v) is 4.08. The maximum absolute atomic E-state index is 12.0. The molecule has 1 aliphatic heterocycles. The van der Waals surface area contributed by atoms with Gasteiger partial charge >= 0.3 is 0 Å². The summed E-state index contributed by atoms with van der Waals surface area (Å²) in [5.41, 5.74) is 1.48. The molecule has 0 radical (unpaired) electrons. The van der Waals surface area contributed by atoms with Crippen LogP contribution in [0.1, 0.15) is 31.7 Å². The number of aromatic nitrogens is 5. The first-order chi connectivity index (χ1) is 14.6. The molecule has 1 unspecified atom stereocenters. The van der Waals surface area contributed by atoms with Crippen LogP contribution in [0, 0.1) is 0 Å². The van der Waals surface area contributed by atoms with E-state index in [1.807, 2.05) is 10.9 Å². The van der Waals surface area contributed by atoms with Crippen LogP contribution in [0.15, 0.2) is 31.2 Å². The lowest BCUT2D eigenvalue weighted by Crippen LogP contribution is -2.44. The van der Waals surface area contributed by atoms with Gasteiger partial charge in [-0.05, 0) is 31.8 Å². The van der Waals surface area contributed by atoms with Gasteiger partial charge in [0.2, 0.25) is 11.9 Å². The van der Waals surface area contributed by atoms with Crippen molar-refractivity contribution < 1.29 is 4.79 Å². The number of halogens is 1. The van der Waals surface area contributed by atoms with Gasteiger partial charge < -0.3 is 20.5 Å². The molecule has 3 aromatic heterocycles. The number of hydrogen-bond donors (Lipinski definition) is 3. The highest BCUT2D eigenvalue weighted by Gasteiger charge is 2.25. The van der Waals surface area contributed by atoms with Gasteiger partial charge in [-0.3, -0.25) is 9.48 Å². The molecular weight excluding hydrogens is 404 g/mol. The van der Waals surface area contributed by atoms with E-state index in [0.717, 1.165) is 30.5 Å². The second kappa shape index (κ2) is 7.64. The number of anilines is 3. The fraction of sp³-hybridized carbons (Fsp3) is 0.400. The highest BCUT2D eigenvalue weighted by atomic mass is 35.5. The third kappa shape index (κ3) is 3.72. The molecule has 3 aromatic rings. The van der Waals surface area contributed by atoms with Crippen molar-refractivity contribution in [2.45, 2.75) is 37.8 Å². The Kier molecular flexibility index (Phi) is 4.82. The van der Waals surface area contributed by atoms with E-state index in [1.165, 1.54) is 18.9 Å². The summed E-state index contributed by atoms with van der Waals surface area (Å²) in [6, 6.07) is 0.577. The zero-order valence-corrected chi connectivity index (χ0v) is 17.2. The number of aromatic amines is 1. The minimum absolute atomic E-state index is 0.0518. The van der Waals surface area contributed by atoms with Crippen molar-refractivity contribution in [3.63, 3.8) is 0 Å². The van der Waals surface area contributed by atoms with Crippen LogP contribution in [-0.4, -0.2) is 54.7 Å². The van der Waals surface area contributed by atoms with E-state index in [0.29, 0.717) is 35.0 Å². The summed E-state index contributed by atoms with van der Waals surface area (Å²) in [5.74, 6) is 1.04. The lowest BCUT2D eigenvalue weighted by molar-refractivity contribution is -0.127. The predicted molar refractivity (Wildman–Crippen MR) is 116 cm³/mol. The third-order valence-electron chi connectivity index (χ3n) is 5.51. The maximum Gasteiger partial charge on any atom is 0.246 e. The lowest BCUT2D eigenvalue weighted by atomic mass is 10.1. The van der Waals surface area contributed by atoms with Crippen LogP contribution in [0.4, 0.5) is 17.5 Å². The number of rotatable bonds is 6. The van der Waals surface area contributed by atoms with E-state index in [9.17, 15) is 4.79 Å². The van der Waals surface area contributed by atoms with Crippen molar-refractivity contribution in [1.29, 1.82) is 0 Å². The second-order valence-electron chi connectivity index (χ2n) is 7.79. The summed E-state index contributed by atoms with van der Waals surface area (Å²) >= 11 is 6.39. The highest BCUT2D eigenvalue weighted by Crippen LogP contribution is 2.35. The van der Waals surface area contributed by atoms with Gasteiger partial charge in [0, 0.05) is 31.5 Å². The van der Waals surface area contributed by atoms with Crippen molar-refractivity contribution in [2.75, 3.05) is 23.7 Å². The largest absolute Gasteiger partial charge is 0.365 e. The van der Waals surface area contributed by atoms with Gasteiger partial charge in [0.1, 0.15) is 11.5 Å². The van der Waals surface area contributed by atoms with E-state index >= 15 is 0 Å². The number of carbonyl (C=O) groups excluding carboxylic acids is 1. The molecule has 156 valence electrons. The monoisotopic (exact) mass is 426 g/mol. The number of amides is 1. The van der Waals surface area contributed by atoms with Crippen LogP contribution in [-0.2, 0) is 4.79 Å². The summed E-state index contributed by atoms with van der Waals surface area (Å²) in [6.07, 6.45) is 11.0. The Labute approximate surface area is 178 Å². The molecule has 3 N–H and O–H groups in total. The molecule has 30 heavy (non-hydrogen) atoms. The highest BCUT2D eigenvalue weighted by molar-refractivity contribution is 6.36. The van der Waals surface area contributed by atoms with Gasteiger partial charge in [-0.25, -0.2) is 0 Å². The van der Waals surface area contributed by atoms with Crippen molar-refractivity contribution in [3.05, 3.63) is 36.3 Å². The molecule has 0 aromatic carbocycles. The predicted octanol–water partition coefficient (Wildman–Crippen LogP) is 3.48. The molecule has 2 fully saturated rings. The van der Waals surface area contributed by atoms with Gasteiger partial charge in [-0.1, -0.05) is 18.2 Å². The number of carbonyl (C=O) groups is 1. The number of likely N-dealkylation sites (tertiary alicyclic amines) is 1. The molecule has 1 aliphatic carbocycles. The standard InChI is InChI=1S/C20H23ClN8O/c1-2-16(30)28-7-3-4-12(10-28)24-19-17-15(21)9-22-18(17)26-20(27-19)25-13-8-23-29(11-13)14-5-6-14/h2,8-9,11-12,14H,1,3-7,10H2,(H3,22,24,25,26,27). The van der Waals surface area contributed by atoms with E-state index in [2.05, 4.69) is 37.3 Å². The number of fused-ring (bicyclic) bond motifs is 1. The first-order valence-corrected chi connectivity index (χ1v) is 10.5.